The molecule has 1 unspecified atom stereocenters. The van der Waals surface area contributed by atoms with Crippen LogP contribution >= 0.6 is 11.6 Å². The number of carbonyl (C=O) groups excluding carboxylic acids is 1. The summed E-state index contributed by atoms with van der Waals surface area (Å²) in [4.78, 5) is 24.7. The Balaban J connectivity index is 2.03. The third-order valence-corrected chi connectivity index (χ3v) is 3.86. The maximum atomic E-state index is 12.3. The Labute approximate surface area is 139 Å². The van der Waals surface area contributed by atoms with Crippen molar-refractivity contribution in [1.82, 2.24) is 4.90 Å². The average molecular weight is 343 g/mol. The van der Waals surface area contributed by atoms with E-state index in [2.05, 4.69) is 5.32 Å². The van der Waals surface area contributed by atoms with Crippen LogP contribution in [0.3, 0.4) is 0 Å². The number of hydrogen-bond donors (Lipinski definition) is 2. The molecule has 1 aromatic rings. The lowest BCUT2D eigenvalue weighted by atomic mass is 10.1. The summed E-state index contributed by atoms with van der Waals surface area (Å²) >= 11 is 6.11. The van der Waals surface area contributed by atoms with Gasteiger partial charge >= 0.3 is 12.0 Å². The van der Waals surface area contributed by atoms with Crippen LogP contribution in [0.2, 0.25) is 5.02 Å². The molecular formula is C15H19ClN2O5. The minimum absolute atomic E-state index is 0.196. The van der Waals surface area contributed by atoms with Crippen molar-refractivity contribution in [2.45, 2.75) is 6.42 Å². The maximum absolute atomic E-state index is 12.3. The standard InChI is InChI=1S/C15H19ClN2O5/c1-22-7-8-23-13-11(16)3-2-4-12(13)17-15(21)18-6-5-10(9-18)14(19)20/h2-4,10H,5-9H2,1H3,(H,17,21)(H,19,20). The predicted molar refractivity (Wildman–Crippen MR) is 85.2 cm³/mol. The quantitative estimate of drug-likeness (QED) is 0.774. The predicted octanol–water partition coefficient (Wildman–Crippen LogP) is 2.30. The number of urea groups is 1. The van der Waals surface area contributed by atoms with Crippen LogP contribution in [0.5, 0.6) is 5.75 Å². The summed E-state index contributed by atoms with van der Waals surface area (Å²) in [6.45, 7) is 1.30. The summed E-state index contributed by atoms with van der Waals surface area (Å²) in [7, 11) is 1.56. The first-order chi connectivity index (χ1) is 11.0. The second kappa shape index (κ2) is 8.03. The zero-order valence-electron chi connectivity index (χ0n) is 12.8. The zero-order valence-corrected chi connectivity index (χ0v) is 13.5. The molecule has 1 fully saturated rings. The van der Waals surface area contributed by atoms with Crippen LogP contribution in [0.4, 0.5) is 10.5 Å². The van der Waals surface area contributed by atoms with E-state index in [1.54, 1.807) is 25.3 Å². The van der Waals surface area contributed by atoms with Gasteiger partial charge in [-0.25, -0.2) is 4.79 Å². The van der Waals surface area contributed by atoms with E-state index in [0.29, 0.717) is 42.6 Å². The molecule has 1 aliphatic heterocycles. The number of ether oxygens (including phenoxy) is 2. The number of nitrogens with one attached hydrogen (secondary N) is 1. The maximum Gasteiger partial charge on any atom is 0.321 e. The lowest BCUT2D eigenvalue weighted by Gasteiger charge is -2.19. The van der Waals surface area contributed by atoms with Gasteiger partial charge in [-0.1, -0.05) is 17.7 Å². The van der Waals surface area contributed by atoms with Crippen LogP contribution in [0.15, 0.2) is 18.2 Å². The molecule has 0 bridgehead atoms. The molecule has 0 radical (unpaired) electrons. The first-order valence-corrected chi connectivity index (χ1v) is 7.59. The fraction of sp³-hybridized carbons (Fsp3) is 0.467. The van der Waals surface area contributed by atoms with E-state index in [9.17, 15) is 9.59 Å². The minimum Gasteiger partial charge on any atom is -0.487 e. The largest absolute Gasteiger partial charge is 0.487 e. The molecule has 2 amide bonds. The molecule has 0 spiro atoms. The number of methoxy groups -OCH3 is 1. The van der Waals surface area contributed by atoms with Gasteiger partial charge in [0.2, 0.25) is 0 Å². The van der Waals surface area contributed by atoms with E-state index in [1.165, 1.54) is 4.90 Å². The number of benzene rings is 1. The van der Waals surface area contributed by atoms with Crippen LogP contribution in [0, 0.1) is 5.92 Å². The second-order valence-corrected chi connectivity index (χ2v) is 5.56. The van der Waals surface area contributed by atoms with Gasteiger partial charge in [-0.2, -0.15) is 0 Å². The van der Waals surface area contributed by atoms with Gasteiger partial charge in [0.25, 0.3) is 0 Å². The molecule has 0 aromatic heterocycles. The first kappa shape index (κ1) is 17.4. The molecular weight excluding hydrogens is 324 g/mol. The third-order valence-electron chi connectivity index (χ3n) is 3.57. The van der Waals surface area contributed by atoms with E-state index >= 15 is 0 Å². The van der Waals surface area contributed by atoms with Crippen molar-refractivity contribution in [3.8, 4) is 5.75 Å². The van der Waals surface area contributed by atoms with Crippen molar-refractivity contribution < 1.29 is 24.2 Å². The number of carbonyl (C=O) groups is 2. The minimum atomic E-state index is -0.883. The summed E-state index contributed by atoms with van der Waals surface area (Å²) in [5.74, 6) is -1.03. The Morgan fingerprint density at radius 1 is 1.43 bits per heavy atom. The van der Waals surface area contributed by atoms with Gasteiger partial charge in [0, 0.05) is 20.2 Å². The number of amides is 2. The Kier molecular flexibility index (Phi) is 6.06. The van der Waals surface area contributed by atoms with Crippen molar-refractivity contribution in [3.05, 3.63) is 23.2 Å². The number of para-hydroxylation sites is 1. The monoisotopic (exact) mass is 342 g/mol. The molecule has 0 saturated carbocycles. The topological polar surface area (TPSA) is 88.1 Å². The van der Waals surface area contributed by atoms with E-state index in [1.807, 2.05) is 0 Å². The molecule has 1 saturated heterocycles. The first-order valence-electron chi connectivity index (χ1n) is 7.22. The van der Waals surface area contributed by atoms with Crippen molar-refractivity contribution in [1.29, 1.82) is 0 Å². The summed E-state index contributed by atoms with van der Waals surface area (Å²) in [5, 5.41) is 12.1. The highest BCUT2D eigenvalue weighted by molar-refractivity contribution is 6.32. The lowest BCUT2D eigenvalue weighted by Crippen LogP contribution is -2.34. The van der Waals surface area contributed by atoms with E-state index < -0.39 is 11.9 Å². The average Bonchev–Trinajstić information content (AvgIpc) is 3.00. The number of aliphatic carboxylic acids is 1. The van der Waals surface area contributed by atoms with Crippen LogP contribution in [-0.2, 0) is 9.53 Å². The Morgan fingerprint density at radius 2 is 2.22 bits per heavy atom. The zero-order chi connectivity index (χ0) is 16.8. The summed E-state index contributed by atoms with van der Waals surface area (Å²) < 4.78 is 10.5. The molecule has 1 heterocycles. The van der Waals surface area contributed by atoms with Crippen LogP contribution in [0.1, 0.15) is 6.42 Å². The molecule has 0 aliphatic carbocycles. The highest BCUT2D eigenvalue weighted by atomic mass is 35.5. The summed E-state index contributed by atoms with van der Waals surface area (Å²) in [5.41, 5.74) is 0.442. The van der Waals surface area contributed by atoms with Crippen molar-refractivity contribution >= 4 is 29.3 Å². The molecule has 7 nitrogen and oxygen atoms in total. The number of carboxylic acids is 1. The number of halogens is 1. The number of likely N-dealkylation sites (tertiary alicyclic amines) is 1. The normalized spacial score (nSPS) is 17.1. The van der Waals surface area contributed by atoms with Gasteiger partial charge in [-0.15, -0.1) is 0 Å². The van der Waals surface area contributed by atoms with E-state index in [-0.39, 0.29) is 12.6 Å². The Hall–Kier alpha value is -1.99. The summed E-state index contributed by atoms with van der Waals surface area (Å²) in [6.07, 6.45) is 0.454. The number of hydrogen-bond acceptors (Lipinski definition) is 4. The molecule has 2 N–H and O–H groups in total. The van der Waals surface area contributed by atoms with Crippen LogP contribution in [0.25, 0.3) is 0 Å². The SMILES string of the molecule is COCCOc1c(Cl)cccc1NC(=O)N1CCC(C(=O)O)C1. The van der Waals surface area contributed by atoms with E-state index in [4.69, 9.17) is 26.2 Å². The van der Waals surface area contributed by atoms with Gasteiger partial charge in [0.15, 0.2) is 5.75 Å². The van der Waals surface area contributed by atoms with Gasteiger partial charge in [0.1, 0.15) is 6.61 Å². The highest BCUT2D eigenvalue weighted by Crippen LogP contribution is 2.33. The van der Waals surface area contributed by atoms with Crippen molar-refractivity contribution in [2.75, 3.05) is 38.7 Å². The number of rotatable bonds is 6. The Bertz CT molecular complexity index is 581. The van der Waals surface area contributed by atoms with Crippen LogP contribution in [-0.4, -0.2) is 55.4 Å². The van der Waals surface area contributed by atoms with Gasteiger partial charge in [-0.05, 0) is 18.6 Å². The smallest absolute Gasteiger partial charge is 0.321 e. The summed E-state index contributed by atoms with van der Waals surface area (Å²) in [6, 6.07) is 4.67. The third kappa shape index (κ3) is 4.49. The lowest BCUT2D eigenvalue weighted by molar-refractivity contribution is -0.141. The molecule has 1 atom stereocenters. The van der Waals surface area contributed by atoms with Crippen LogP contribution < -0.4 is 10.1 Å². The van der Waals surface area contributed by atoms with Crippen molar-refractivity contribution in [2.24, 2.45) is 5.92 Å². The second-order valence-electron chi connectivity index (χ2n) is 5.16. The molecule has 23 heavy (non-hydrogen) atoms. The molecule has 1 aliphatic rings. The van der Waals surface area contributed by atoms with Crippen molar-refractivity contribution in [3.63, 3.8) is 0 Å². The number of nitrogens with zero attached hydrogens (tertiary/aromatic N) is 1. The fourth-order valence-electron chi connectivity index (χ4n) is 2.32. The fourth-order valence-corrected chi connectivity index (χ4v) is 2.55. The van der Waals surface area contributed by atoms with Gasteiger partial charge < -0.3 is 24.8 Å². The van der Waals surface area contributed by atoms with Gasteiger partial charge in [-0.3, -0.25) is 4.79 Å². The molecule has 126 valence electrons. The molecule has 1 aromatic carbocycles. The molecule has 8 heteroatoms. The van der Waals surface area contributed by atoms with E-state index in [0.717, 1.165) is 0 Å². The molecule has 2 rings (SSSR count). The Morgan fingerprint density at radius 3 is 2.87 bits per heavy atom. The number of carboxylic acid groups (broad SMARTS) is 1. The number of anilines is 1. The van der Waals surface area contributed by atoms with Gasteiger partial charge in [0.05, 0.1) is 23.2 Å². The highest BCUT2D eigenvalue weighted by Gasteiger charge is 2.31.